The zero-order valence-corrected chi connectivity index (χ0v) is 9.73. The monoisotopic (exact) mass is 216 g/mol. The molecule has 1 heterocycles. The molecule has 0 radical (unpaired) electrons. The number of likely N-dealkylation sites (tertiary alicyclic amines) is 1. The van der Waals surface area contributed by atoms with E-state index in [1.165, 1.54) is 18.5 Å². The molecule has 16 heavy (non-hydrogen) atoms. The van der Waals surface area contributed by atoms with Crippen molar-refractivity contribution in [2.75, 3.05) is 19.6 Å². The lowest BCUT2D eigenvalue weighted by Crippen LogP contribution is -2.32. The smallest absolute Gasteiger partial charge is 0.0234 e. The highest BCUT2D eigenvalue weighted by molar-refractivity contribution is 5.14. The topological polar surface area (TPSA) is 15.3 Å². The molecule has 1 saturated heterocycles. The van der Waals surface area contributed by atoms with Crippen LogP contribution in [-0.4, -0.2) is 30.6 Å². The molecule has 0 aliphatic carbocycles. The number of nitrogens with one attached hydrogen (secondary N) is 1. The second-order valence-electron chi connectivity index (χ2n) is 4.40. The number of rotatable bonds is 5. The molecule has 1 aromatic carbocycles. The highest BCUT2D eigenvalue weighted by atomic mass is 15.2. The van der Waals surface area contributed by atoms with Gasteiger partial charge >= 0.3 is 0 Å². The Labute approximate surface area is 98.0 Å². The predicted molar refractivity (Wildman–Crippen MR) is 68.3 cm³/mol. The van der Waals surface area contributed by atoms with E-state index in [2.05, 4.69) is 47.1 Å². The first-order chi connectivity index (χ1) is 7.88. The number of hydrogen-bond acceptors (Lipinski definition) is 2. The van der Waals surface area contributed by atoms with E-state index in [0.717, 1.165) is 19.6 Å². The lowest BCUT2D eigenvalue weighted by atomic mass is 10.2. The van der Waals surface area contributed by atoms with E-state index in [1.807, 2.05) is 6.08 Å². The van der Waals surface area contributed by atoms with E-state index in [9.17, 15) is 0 Å². The van der Waals surface area contributed by atoms with Crippen LogP contribution in [0.2, 0.25) is 0 Å². The SMILES string of the molecule is C=CCN[C@@H]1CCN(Cc2ccccc2)C1. The van der Waals surface area contributed by atoms with Crippen LogP contribution in [0.4, 0.5) is 0 Å². The fraction of sp³-hybridized carbons (Fsp3) is 0.429. The summed E-state index contributed by atoms with van der Waals surface area (Å²) >= 11 is 0. The lowest BCUT2D eigenvalue weighted by Gasteiger charge is -2.16. The van der Waals surface area contributed by atoms with Gasteiger partial charge in [-0.3, -0.25) is 4.90 Å². The molecule has 1 N–H and O–H groups in total. The van der Waals surface area contributed by atoms with Gasteiger partial charge in [0.2, 0.25) is 0 Å². The van der Waals surface area contributed by atoms with Crippen LogP contribution in [-0.2, 0) is 6.54 Å². The molecule has 1 aliphatic heterocycles. The molecule has 0 saturated carbocycles. The second kappa shape index (κ2) is 5.83. The van der Waals surface area contributed by atoms with Crippen LogP contribution in [0.3, 0.4) is 0 Å². The van der Waals surface area contributed by atoms with Gasteiger partial charge < -0.3 is 5.32 Å². The first-order valence-corrected chi connectivity index (χ1v) is 5.99. The molecule has 0 unspecified atom stereocenters. The molecule has 1 fully saturated rings. The lowest BCUT2D eigenvalue weighted by molar-refractivity contribution is 0.321. The van der Waals surface area contributed by atoms with Crippen LogP contribution in [0, 0.1) is 0 Å². The Morgan fingerprint density at radius 3 is 2.94 bits per heavy atom. The molecule has 0 spiro atoms. The summed E-state index contributed by atoms with van der Waals surface area (Å²) in [5.41, 5.74) is 1.41. The average Bonchev–Trinajstić information content (AvgIpc) is 2.75. The Kier molecular flexibility index (Phi) is 4.14. The van der Waals surface area contributed by atoms with Crippen LogP contribution >= 0.6 is 0 Å². The van der Waals surface area contributed by atoms with E-state index in [1.54, 1.807) is 0 Å². The summed E-state index contributed by atoms with van der Waals surface area (Å²) in [5.74, 6) is 0. The van der Waals surface area contributed by atoms with Crippen molar-refractivity contribution in [1.82, 2.24) is 10.2 Å². The van der Waals surface area contributed by atoms with Gasteiger partial charge in [-0.05, 0) is 12.0 Å². The highest BCUT2D eigenvalue weighted by Gasteiger charge is 2.21. The van der Waals surface area contributed by atoms with Gasteiger partial charge in [-0.1, -0.05) is 36.4 Å². The van der Waals surface area contributed by atoms with Crippen LogP contribution in [0.25, 0.3) is 0 Å². The minimum Gasteiger partial charge on any atom is -0.309 e. The molecular weight excluding hydrogens is 196 g/mol. The van der Waals surface area contributed by atoms with Gasteiger partial charge in [0.1, 0.15) is 0 Å². The summed E-state index contributed by atoms with van der Waals surface area (Å²) < 4.78 is 0. The maximum atomic E-state index is 3.73. The molecule has 1 atom stereocenters. The van der Waals surface area contributed by atoms with Gasteiger partial charge in [0, 0.05) is 32.2 Å². The Morgan fingerprint density at radius 1 is 1.38 bits per heavy atom. The van der Waals surface area contributed by atoms with E-state index in [-0.39, 0.29) is 0 Å². The Hall–Kier alpha value is -1.12. The van der Waals surface area contributed by atoms with E-state index in [0.29, 0.717) is 6.04 Å². The predicted octanol–water partition coefficient (Wildman–Crippen LogP) is 2.04. The first-order valence-electron chi connectivity index (χ1n) is 5.99. The third kappa shape index (κ3) is 3.19. The molecule has 0 amide bonds. The van der Waals surface area contributed by atoms with Crippen LogP contribution in [0.1, 0.15) is 12.0 Å². The minimum absolute atomic E-state index is 0.640. The summed E-state index contributed by atoms with van der Waals surface area (Å²) in [5, 5.41) is 3.49. The van der Waals surface area contributed by atoms with E-state index < -0.39 is 0 Å². The molecule has 2 rings (SSSR count). The summed E-state index contributed by atoms with van der Waals surface area (Å²) in [6.45, 7) is 8.08. The largest absolute Gasteiger partial charge is 0.309 e. The molecule has 0 aromatic heterocycles. The van der Waals surface area contributed by atoms with Crippen molar-refractivity contribution >= 4 is 0 Å². The average molecular weight is 216 g/mol. The van der Waals surface area contributed by atoms with Gasteiger partial charge in [0.15, 0.2) is 0 Å². The zero-order valence-electron chi connectivity index (χ0n) is 9.73. The molecular formula is C14H20N2. The van der Waals surface area contributed by atoms with Gasteiger partial charge in [-0.15, -0.1) is 6.58 Å². The number of nitrogens with zero attached hydrogens (tertiary/aromatic N) is 1. The molecule has 86 valence electrons. The maximum absolute atomic E-state index is 3.73. The Balaban J connectivity index is 1.78. The summed E-state index contributed by atoms with van der Waals surface area (Å²) in [4.78, 5) is 2.51. The third-order valence-corrected chi connectivity index (χ3v) is 3.07. The van der Waals surface area contributed by atoms with Gasteiger partial charge in [0.25, 0.3) is 0 Å². The third-order valence-electron chi connectivity index (χ3n) is 3.07. The van der Waals surface area contributed by atoms with Crippen molar-refractivity contribution in [3.05, 3.63) is 48.6 Å². The quantitative estimate of drug-likeness (QED) is 0.758. The molecule has 2 heteroatoms. The number of benzene rings is 1. The van der Waals surface area contributed by atoms with Crippen molar-refractivity contribution in [2.24, 2.45) is 0 Å². The fourth-order valence-electron chi connectivity index (χ4n) is 2.23. The van der Waals surface area contributed by atoms with Crippen LogP contribution in [0.15, 0.2) is 43.0 Å². The standard InChI is InChI=1S/C14H20N2/c1-2-9-15-14-8-10-16(12-14)11-13-6-4-3-5-7-13/h2-7,14-15H,1,8-12H2/t14-/m1/s1. The van der Waals surface area contributed by atoms with Gasteiger partial charge in [0.05, 0.1) is 0 Å². The normalized spacial score (nSPS) is 21.1. The van der Waals surface area contributed by atoms with Gasteiger partial charge in [-0.2, -0.15) is 0 Å². The Bertz CT molecular complexity index is 321. The maximum Gasteiger partial charge on any atom is 0.0234 e. The van der Waals surface area contributed by atoms with E-state index >= 15 is 0 Å². The molecule has 2 nitrogen and oxygen atoms in total. The molecule has 1 aliphatic rings. The van der Waals surface area contributed by atoms with Crippen molar-refractivity contribution in [3.8, 4) is 0 Å². The zero-order chi connectivity index (χ0) is 11.2. The summed E-state index contributed by atoms with van der Waals surface area (Å²) in [6.07, 6.45) is 3.18. The second-order valence-corrected chi connectivity index (χ2v) is 4.40. The minimum atomic E-state index is 0.640. The van der Waals surface area contributed by atoms with Gasteiger partial charge in [-0.25, -0.2) is 0 Å². The van der Waals surface area contributed by atoms with Crippen LogP contribution < -0.4 is 5.32 Å². The van der Waals surface area contributed by atoms with Crippen molar-refractivity contribution in [2.45, 2.75) is 19.0 Å². The molecule has 0 bridgehead atoms. The first kappa shape index (κ1) is 11.4. The summed E-state index contributed by atoms with van der Waals surface area (Å²) in [7, 11) is 0. The van der Waals surface area contributed by atoms with Crippen molar-refractivity contribution < 1.29 is 0 Å². The van der Waals surface area contributed by atoms with Crippen molar-refractivity contribution in [1.29, 1.82) is 0 Å². The Morgan fingerprint density at radius 2 is 2.19 bits per heavy atom. The van der Waals surface area contributed by atoms with E-state index in [4.69, 9.17) is 0 Å². The highest BCUT2D eigenvalue weighted by Crippen LogP contribution is 2.13. The summed E-state index contributed by atoms with van der Waals surface area (Å²) in [6, 6.07) is 11.3. The van der Waals surface area contributed by atoms with Crippen LogP contribution in [0.5, 0.6) is 0 Å². The molecule has 1 aromatic rings. The number of hydrogen-bond donors (Lipinski definition) is 1. The fourth-order valence-corrected chi connectivity index (χ4v) is 2.23. The van der Waals surface area contributed by atoms with Crippen molar-refractivity contribution in [3.63, 3.8) is 0 Å².